The minimum atomic E-state index is -3.84. The third-order valence-corrected chi connectivity index (χ3v) is 5.11. The summed E-state index contributed by atoms with van der Waals surface area (Å²) in [4.78, 5) is 4.05. The third kappa shape index (κ3) is 5.11. The normalized spacial score (nSPS) is 11.2. The predicted octanol–water partition coefficient (Wildman–Crippen LogP) is 5.09. The van der Waals surface area contributed by atoms with Crippen LogP contribution >= 0.6 is 23.2 Å². The Morgan fingerprint density at radius 1 is 0.885 bits per heavy atom. The van der Waals surface area contributed by atoms with Crippen LogP contribution in [0.2, 0.25) is 10.0 Å². The van der Waals surface area contributed by atoms with Gasteiger partial charge < -0.3 is 8.92 Å². The van der Waals surface area contributed by atoms with E-state index in [9.17, 15) is 8.42 Å². The van der Waals surface area contributed by atoms with Crippen molar-refractivity contribution in [2.24, 2.45) is 0 Å². The third-order valence-electron chi connectivity index (χ3n) is 3.23. The molecule has 134 valence electrons. The van der Waals surface area contributed by atoms with E-state index in [-0.39, 0.29) is 16.5 Å². The molecule has 0 atom stereocenters. The standard InChI is InChI=1S/C18H13Cl2NO4S/c19-16-9-4-13(11-17(16)20)12-26(22,23)25-15-7-5-14(6-8-15)24-18-3-1-2-10-21-18/h1-11H,12H2. The highest BCUT2D eigenvalue weighted by Crippen LogP contribution is 2.26. The van der Waals surface area contributed by atoms with Gasteiger partial charge in [0.05, 0.1) is 10.0 Å². The fraction of sp³-hybridized carbons (Fsp3) is 0.0556. The van der Waals surface area contributed by atoms with Crippen molar-refractivity contribution in [1.29, 1.82) is 0 Å². The molecule has 0 aliphatic heterocycles. The second-order valence-electron chi connectivity index (χ2n) is 5.28. The molecule has 0 fully saturated rings. The lowest BCUT2D eigenvalue weighted by atomic mass is 10.2. The second kappa shape index (κ2) is 7.95. The Morgan fingerprint density at radius 2 is 1.62 bits per heavy atom. The average molecular weight is 410 g/mol. The Kier molecular flexibility index (Phi) is 5.66. The number of hydrogen-bond acceptors (Lipinski definition) is 5. The van der Waals surface area contributed by atoms with Crippen LogP contribution in [0.3, 0.4) is 0 Å². The number of rotatable bonds is 6. The summed E-state index contributed by atoms with van der Waals surface area (Å²) >= 11 is 11.7. The second-order valence-corrected chi connectivity index (χ2v) is 7.66. The highest BCUT2D eigenvalue weighted by Gasteiger charge is 2.15. The zero-order valence-corrected chi connectivity index (χ0v) is 15.6. The lowest BCUT2D eigenvalue weighted by Gasteiger charge is -2.09. The van der Waals surface area contributed by atoms with Gasteiger partial charge in [0, 0.05) is 12.3 Å². The number of hydrogen-bond donors (Lipinski definition) is 0. The van der Waals surface area contributed by atoms with E-state index in [0.29, 0.717) is 22.2 Å². The summed E-state index contributed by atoms with van der Waals surface area (Å²) in [5.74, 6) is 0.806. The van der Waals surface area contributed by atoms with Crippen molar-refractivity contribution < 1.29 is 17.3 Å². The van der Waals surface area contributed by atoms with Gasteiger partial charge >= 0.3 is 10.1 Å². The number of benzene rings is 2. The molecule has 26 heavy (non-hydrogen) atoms. The van der Waals surface area contributed by atoms with Crippen molar-refractivity contribution in [3.05, 3.63) is 82.5 Å². The lowest BCUT2D eigenvalue weighted by molar-refractivity contribution is 0.459. The maximum Gasteiger partial charge on any atom is 0.313 e. The molecule has 3 aromatic rings. The average Bonchev–Trinajstić information content (AvgIpc) is 2.60. The van der Waals surface area contributed by atoms with Crippen LogP contribution in [0.25, 0.3) is 0 Å². The largest absolute Gasteiger partial charge is 0.439 e. The first-order valence-electron chi connectivity index (χ1n) is 7.46. The monoisotopic (exact) mass is 409 g/mol. The highest BCUT2D eigenvalue weighted by atomic mass is 35.5. The molecule has 5 nitrogen and oxygen atoms in total. The van der Waals surface area contributed by atoms with E-state index in [4.69, 9.17) is 32.1 Å². The Labute approximate surface area is 161 Å². The summed E-state index contributed by atoms with van der Waals surface area (Å²) in [6.45, 7) is 0. The van der Waals surface area contributed by atoms with Crippen molar-refractivity contribution in [1.82, 2.24) is 4.98 Å². The quantitative estimate of drug-likeness (QED) is 0.530. The molecule has 1 heterocycles. The van der Waals surface area contributed by atoms with Crippen LogP contribution in [0.1, 0.15) is 5.56 Å². The van der Waals surface area contributed by atoms with E-state index in [0.717, 1.165) is 0 Å². The molecule has 0 N–H and O–H groups in total. The van der Waals surface area contributed by atoms with Gasteiger partial charge in [-0.3, -0.25) is 0 Å². The SMILES string of the molecule is O=S(=O)(Cc1ccc(Cl)c(Cl)c1)Oc1ccc(Oc2ccccn2)cc1. The Bertz CT molecular complexity index is 993. The molecule has 2 aromatic carbocycles. The summed E-state index contributed by atoms with van der Waals surface area (Å²) in [6.07, 6.45) is 1.61. The molecule has 0 saturated carbocycles. The van der Waals surface area contributed by atoms with Crippen LogP contribution in [0.5, 0.6) is 17.4 Å². The number of nitrogens with zero attached hydrogens (tertiary/aromatic N) is 1. The minimum absolute atomic E-state index is 0.179. The lowest BCUT2D eigenvalue weighted by Crippen LogP contribution is -2.12. The molecule has 0 aliphatic carbocycles. The topological polar surface area (TPSA) is 65.5 Å². The molecule has 0 radical (unpaired) electrons. The zero-order chi connectivity index (χ0) is 18.6. The molecule has 0 aliphatic rings. The highest BCUT2D eigenvalue weighted by molar-refractivity contribution is 7.86. The van der Waals surface area contributed by atoms with E-state index in [1.165, 1.54) is 18.2 Å². The van der Waals surface area contributed by atoms with Gasteiger partial charge in [-0.1, -0.05) is 35.3 Å². The number of halogens is 2. The number of ether oxygens (including phenoxy) is 1. The van der Waals surface area contributed by atoms with Crippen LogP contribution in [0, 0.1) is 0 Å². The van der Waals surface area contributed by atoms with Gasteiger partial charge in [-0.2, -0.15) is 8.42 Å². The number of pyridine rings is 1. The van der Waals surface area contributed by atoms with Crippen molar-refractivity contribution >= 4 is 33.3 Å². The van der Waals surface area contributed by atoms with Gasteiger partial charge in [0.25, 0.3) is 0 Å². The molecule has 1 aromatic heterocycles. The van der Waals surface area contributed by atoms with Crippen LogP contribution in [-0.2, 0) is 15.9 Å². The van der Waals surface area contributed by atoms with Gasteiger partial charge in [0.2, 0.25) is 5.88 Å². The van der Waals surface area contributed by atoms with Crippen LogP contribution in [-0.4, -0.2) is 13.4 Å². The smallest absolute Gasteiger partial charge is 0.313 e. The molecular formula is C18H13Cl2NO4S. The molecule has 0 spiro atoms. The van der Waals surface area contributed by atoms with Crippen LogP contribution in [0.15, 0.2) is 66.9 Å². The van der Waals surface area contributed by atoms with Gasteiger partial charge in [-0.25, -0.2) is 4.98 Å². The number of aromatic nitrogens is 1. The van der Waals surface area contributed by atoms with Crippen molar-refractivity contribution in [3.8, 4) is 17.4 Å². The van der Waals surface area contributed by atoms with Gasteiger partial charge in [-0.05, 0) is 48.0 Å². The van der Waals surface area contributed by atoms with E-state index in [1.807, 2.05) is 0 Å². The van der Waals surface area contributed by atoms with Crippen molar-refractivity contribution in [3.63, 3.8) is 0 Å². The molecule has 0 amide bonds. The Morgan fingerprint density at radius 3 is 2.27 bits per heavy atom. The Balaban J connectivity index is 1.66. The first-order chi connectivity index (χ1) is 12.4. The molecule has 0 saturated heterocycles. The summed E-state index contributed by atoms with van der Waals surface area (Å²) in [7, 11) is -3.84. The van der Waals surface area contributed by atoms with Crippen LogP contribution < -0.4 is 8.92 Å². The van der Waals surface area contributed by atoms with E-state index < -0.39 is 10.1 Å². The van der Waals surface area contributed by atoms with E-state index >= 15 is 0 Å². The van der Waals surface area contributed by atoms with Gasteiger partial charge in [0.1, 0.15) is 17.3 Å². The minimum Gasteiger partial charge on any atom is -0.439 e. The first-order valence-corrected chi connectivity index (χ1v) is 9.80. The fourth-order valence-corrected chi connectivity index (χ4v) is 3.47. The van der Waals surface area contributed by atoms with E-state index in [1.54, 1.807) is 48.7 Å². The van der Waals surface area contributed by atoms with Gasteiger partial charge in [-0.15, -0.1) is 0 Å². The fourth-order valence-electron chi connectivity index (χ4n) is 2.10. The maximum atomic E-state index is 12.2. The summed E-state index contributed by atoms with van der Waals surface area (Å²) in [5, 5.41) is 0.646. The summed E-state index contributed by atoms with van der Waals surface area (Å²) < 4.78 is 35.1. The molecule has 0 unspecified atom stereocenters. The molecule has 3 rings (SSSR count). The zero-order valence-electron chi connectivity index (χ0n) is 13.3. The van der Waals surface area contributed by atoms with Gasteiger partial charge in [0.15, 0.2) is 0 Å². The van der Waals surface area contributed by atoms with E-state index in [2.05, 4.69) is 4.98 Å². The summed E-state index contributed by atoms with van der Waals surface area (Å²) in [6, 6.07) is 16.1. The van der Waals surface area contributed by atoms with Crippen molar-refractivity contribution in [2.75, 3.05) is 0 Å². The van der Waals surface area contributed by atoms with Crippen molar-refractivity contribution in [2.45, 2.75) is 5.75 Å². The summed E-state index contributed by atoms with van der Waals surface area (Å²) in [5.41, 5.74) is 0.481. The maximum absolute atomic E-state index is 12.2. The molecular weight excluding hydrogens is 397 g/mol. The predicted molar refractivity (Wildman–Crippen MR) is 100 cm³/mol. The molecule has 0 bridgehead atoms. The van der Waals surface area contributed by atoms with Crippen LogP contribution in [0.4, 0.5) is 0 Å². The first kappa shape index (κ1) is 18.5. The molecule has 8 heteroatoms. The Hall–Kier alpha value is -2.28.